The Bertz CT molecular complexity index is 1190. The number of nitrogens with zero attached hydrogens (tertiary/aromatic N) is 6. The van der Waals surface area contributed by atoms with Gasteiger partial charge >= 0.3 is 6.18 Å². The molecule has 1 fully saturated rings. The van der Waals surface area contributed by atoms with Gasteiger partial charge in [-0.3, -0.25) is 4.68 Å². The molecule has 202 valence electrons. The zero-order chi connectivity index (χ0) is 26.6. The Kier molecular flexibility index (Phi) is 8.45. The highest BCUT2D eigenvalue weighted by molar-refractivity contribution is 5.90. The topological polar surface area (TPSA) is 102 Å². The molecule has 37 heavy (non-hydrogen) atoms. The number of pyridine rings is 1. The van der Waals surface area contributed by atoms with Crippen LogP contribution in [0.4, 0.5) is 30.8 Å². The van der Waals surface area contributed by atoms with Crippen LogP contribution in [0.3, 0.4) is 0 Å². The van der Waals surface area contributed by atoms with E-state index >= 15 is 0 Å². The van der Waals surface area contributed by atoms with Crippen LogP contribution in [0.25, 0.3) is 11.0 Å². The average molecular weight is 523 g/mol. The molecular weight excluding hydrogens is 489 g/mol. The Hall–Kier alpha value is -3.03. The number of aryl methyl sites for hydroxylation is 1. The van der Waals surface area contributed by atoms with Gasteiger partial charge in [-0.25, -0.2) is 9.97 Å². The summed E-state index contributed by atoms with van der Waals surface area (Å²) in [6, 6.07) is 3.77. The fourth-order valence-corrected chi connectivity index (χ4v) is 4.16. The monoisotopic (exact) mass is 522 g/mol. The van der Waals surface area contributed by atoms with Crippen LogP contribution in [0, 0.1) is 6.92 Å². The minimum absolute atomic E-state index is 0.0612. The number of anilines is 3. The first-order valence-electron chi connectivity index (χ1n) is 12.3. The molecule has 2 N–H and O–H groups in total. The zero-order valence-corrected chi connectivity index (χ0v) is 21.5. The van der Waals surface area contributed by atoms with Gasteiger partial charge in [0.15, 0.2) is 5.82 Å². The summed E-state index contributed by atoms with van der Waals surface area (Å²) in [5.74, 6) is 1.58. The number of aromatic nitrogens is 5. The van der Waals surface area contributed by atoms with Crippen LogP contribution in [-0.2, 0) is 16.0 Å². The molecule has 0 spiro atoms. The van der Waals surface area contributed by atoms with E-state index in [1.807, 2.05) is 39.8 Å². The Labute approximate surface area is 213 Å². The van der Waals surface area contributed by atoms with E-state index in [1.165, 1.54) is 0 Å². The molecule has 0 saturated carbocycles. The van der Waals surface area contributed by atoms with E-state index in [9.17, 15) is 13.2 Å². The Morgan fingerprint density at radius 2 is 1.92 bits per heavy atom. The van der Waals surface area contributed by atoms with Gasteiger partial charge in [-0.05, 0) is 45.4 Å². The lowest BCUT2D eigenvalue weighted by atomic mass is 10.2. The van der Waals surface area contributed by atoms with Gasteiger partial charge in [-0.2, -0.15) is 23.3 Å². The van der Waals surface area contributed by atoms with E-state index in [0.29, 0.717) is 34.3 Å². The maximum Gasteiger partial charge on any atom is 0.411 e. The lowest BCUT2D eigenvalue weighted by Crippen LogP contribution is -2.44. The highest BCUT2D eigenvalue weighted by atomic mass is 19.4. The van der Waals surface area contributed by atoms with E-state index in [4.69, 9.17) is 24.5 Å². The SMILES string of the molecule is Cc1ccnc(Nc2nc(N3CCNCC3)nc3c(C(C)OC(C)C)nn(CCOCC(F)(F)F)c23)c1. The fraction of sp³-hybridized carbons (Fsp3) is 0.583. The Balaban J connectivity index is 1.80. The normalized spacial score (nSPS) is 15.5. The van der Waals surface area contributed by atoms with E-state index < -0.39 is 18.9 Å². The van der Waals surface area contributed by atoms with Crippen molar-refractivity contribution in [3.63, 3.8) is 0 Å². The smallest absolute Gasteiger partial charge is 0.370 e. The van der Waals surface area contributed by atoms with Crippen LogP contribution in [-0.4, -0.2) is 76.4 Å². The van der Waals surface area contributed by atoms with Gasteiger partial charge in [0.1, 0.15) is 35.3 Å². The van der Waals surface area contributed by atoms with Gasteiger partial charge < -0.3 is 25.0 Å². The number of ether oxygens (including phenoxy) is 2. The van der Waals surface area contributed by atoms with Gasteiger partial charge in [-0.1, -0.05) is 0 Å². The summed E-state index contributed by atoms with van der Waals surface area (Å²) in [6.45, 7) is 9.35. The summed E-state index contributed by atoms with van der Waals surface area (Å²) >= 11 is 0. The second-order valence-corrected chi connectivity index (χ2v) is 9.25. The second kappa shape index (κ2) is 11.6. The van der Waals surface area contributed by atoms with Crippen molar-refractivity contribution in [1.82, 2.24) is 30.0 Å². The molecular formula is C24H33F3N8O2. The first-order chi connectivity index (χ1) is 17.6. The van der Waals surface area contributed by atoms with Crippen molar-refractivity contribution in [2.45, 2.75) is 52.6 Å². The first kappa shape index (κ1) is 27.0. The summed E-state index contributed by atoms with van der Waals surface area (Å²) in [5, 5.41) is 11.3. The molecule has 4 rings (SSSR count). The predicted octanol–water partition coefficient (Wildman–Crippen LogP) is 3.75. The third-order valence-corrected chi connectivity index (χ3v) is 5.74. The third-order valence-electron chi connectivity index (χ3n) is 5.74. The molecule has 1 aliphatic rings. The number of alkyl halides is 3. The Morgan fingerprint density at radius 3 is 2.59 bits per heavy atom. The molecule has 1 unspecified atom stereocenters. The highest BCUT2D eigenvalue weighted by Crippen LogP contribution is 2.32. The quantitative estimate of drug-likeness (QED) is 0.386. The summed E-state index contributed by atoms with van der Waals surface area (Å²) in [4.78, 5) is 16.2. The second-order valence-electron chi connectivity index (χ2n) is 9.25. The standard InChI is InChI=1S/C24H33F3N8O2/c1-15(2)37-17(4)19-20-21(35(33-19)11-12-36-14-24(25,26)27)22(30-18-13-16(3)5-6-29-18)32-23(31-20)34-9-7-28-8-10-34/h5-6,13,15,17,28H,7-12,14H2,1-4H3,(H,29,30,31,32). The van der Waals surface area contributed by atoms with E-state index in [-0.39, 0.29) is 19.3 Å². The summed E-state index contributed by atoms with van der Waals surface area (Å²) in [7, 11) is 0. The van der Waals surface area contributed by atoms with Crippen molar-refractivity contribution >= 4 is 28.6 Å². The first-order valence-corrected chi connectivity index (χ1v) is 12.3. The number of nitrogens with one attached hydrogen (secondary N) is 2. The van der Waals surface area contributed by atoms with E-state index in [1.54, 1.807) is 10.9 Å². The van der Waals surface area contributed by atoms with Crippen molar-refractivity contribution < 1.29 is 22.6 Å². The maximum absolute atomic E-state index is 12.6. The van der Waals surface area contributed by atoms with Crippen LogP contribution in [0.15, 0.2) is 18.3 Å². The van der Waals surface area contributed by atoms with Gasteiger partial charge in [0.2, 0.25) is 5.95 Å². The van der Waals surface area contributed by atoms with Gasteiger partial charge in [0, 0.05) is 32.4 Å². The molecule has 13 heteroatoms. The van der Waals surface area contributed by atoms with Crippen molar-refractivity contribution in [3.05, 3.63) is 29.6 Å². The highest BCUT2D eigenvalue weighted by Gasteiger charge is 2.28. The molecule has 1 atom stereocenters. The third kappa shape index (κ3) is 7.05. The maximum atomic E-state index is 12.6. The molecule has 0 aromatic carbocycles. The molecule has 4 heterocycles. The fourth-order valence-electron chi connectivity index (χ4n) is 4.16. The molecule has 3 aromatic heterocycles. The van der Waals surface area contributed by atoms with Crippen LogP contribution < -0.4 is 15.5 Å². The number of hydrogen-bond donors (Lipinski definition) is 2. The minimum atomic E-state index is -4.40. The van der Waals surface area contributed by atoms with Crippen molar-refractivity contribution in [1.29, 1.82) is 0 Å². The van der Waals surface area contributed by atoms with Gasteiger partial charge in [-0.15, -0.1) is 0 Å². The zero-order valence-electron chi connectivity index (χ0n) is 21.5. The molecule has 0 bridgehead atoms. The lowest BCUT2D eigenvalue weighted by molar-refractivity contribution is -0.174. The predicted molar refractivity (Wildman–Crippen MR) is 134 cm³/mol. The largest absolute Gasteiger partial charge is 0.411 e. The molecule has 1 saturated heterocycles. The molecule has 3 aromatic rings. The number of hydrogen-bond acceptors (Lipinski definition) is 9. The van der Waals surface area contributed by atoms with Crippen LogP contribution in [0.2, 0.25) is 0 Å². The number of fused-ring (bicyclic) bond motifs is 1. The van der Waals surface area contributed by atoms with Crippen molar-refractivity contribution in [2.24, 2.45) is 0 Å². The van der Waals surface area contributed by atoms with Gasteiger partial charge in [0.25, 0.3) is 0 Å². The van der Waals surface area contributed by atoms with Crippen LogP contribution in [0.1, 0.15) is 38.1 Å². The average Bonchev–Trinajstić information content (AvgIpc) is 3.20. The number of piperazine rings is 1. The van der Waals surface area contributed by atoms with Crippen LogP contribution >= 0.6 is 0 Å². The van der Waals surface area contributed by atoms with Gasteiger partial charge in [0.05, 0.1) is 19.3 Å². The molecule has 10 nitrogen and oxygen atoms in total. The number of halogens is 3. The van der Waals surface area contributed by atoms with E-state index in [0.717, 1.165) is 31.7 Å². The molecule has 1 aliphatic heterocycles. The lowest BCUT2D eigenvalue weighted by Gasteiger charge is -2.27. The molecule has 0 amide bonds. The summed E-state index contributed by atoms with van der Waals surface area (Å²) in [5.41, 5.74) is 2.71. The molecule has 0 radical (unpaired) electrons. The minimum Gasteiger partial charge on any atom is -0.370 e. The summed E-state index contributed by atoms with van der Waals surface area (Å²) < 4.78 is 50.3. The molecule has 0 aliphatic carbocycles. The van der Waals surface area contributed by atoms with Crippen molar-refractivity contribution in [2.75, 3.05) is 49.6 Å². The Morgan fingerprint density at radius 1 is 1.16 bits per heavy atom. The summed E-state index contributed by atoms with van der Waals surface area (Å²) in [6.07, 6.45) is -3.18. The van der Waals surface area contributed by atoms with E-state index in [2.05, 4.69) is 20.5 Å². The van der Waals surface area contributed by atoms with Crippen LogP contribution in [0.5, 0.6) is 0 Å². The van der Waals surface area contributed by atoms with Crippen molar-refractivity contribution in [3.8, 4) is 0 Å². The number of rotatable bonds is 10.